The van der Waals surface area contributed by atoms with E-state index in [-0.39, 0.29) is 11.8 Å². The van der Waals surface area contributed by atoms with Crippen molar-refractivity contribution in [3.63, 3.8) is 0 Å². The van der Waals surface area contributed by atoms with E-state index in [0.717, 1.165) is 5.56 Å². The van der Waals surface area contributed by atoms with Crippen LogP contribution >= 0.6 is 11.6 Å². The maximum absolute atomic E-state index is 12.9. The molecule has 0 aliphatic heterocycles. The van der Waals surface area contributed by atoms with E-state index in [0.29, 0.717) is 19.3 Å². The standard InChI is InChI=1S/C22H33ClN2O4/c1-15(2)13-18(21(28)29-22(3,4)5)25-20(27)17(24-19(26)14-23)12-11-16-9-7-6-8-10-16/h6-10,15,17-18H,11-14H2,1-5H3,(H,24,26)(H,25,27). The van der Waals surface area contributed by atoms with Crippen molar-refractivity contribution in [2.24, 2.45) is 5.92 Å². The smallest absolute Gasteiger partial charge is 0.329 e. The van der Waals surface area contributed by atoms with Gasteiger partial charge in [-0.3, -0.25) is 9.59 Å². The predicted molar refractivity (Wildman–Crippen MR) is 115 cm³/mol. The van der Waals surface area contributed by atoms with Crippen LogP contribution in [-0.2, 0) is 25.5 Å². The average Bonchev–Trinajstić information content (AvgIpc) is 2.63. The molecule has 0 aliphatic carbocycles. The van der Waals surface area contributed by atoms with E-state index < -0.39 is 35.5 Å². The highest BCUT2D eigenvalue weighted by molar-refractivity contribution is 6.27. The fraction of sp³-hybridized carbons (Fsp3) is 0.591. The van der Waals surface area contributed by atoms with Crippen LogP contribution in [0.1, 0.15) is 53.0 Å². The van der Waals surface area contributed by atoms with E-state index in [1.807, 2.05) is 44.2 Å². The topological polar surface area (TPSA) is 84.5 Å². The lowest BCUT2D eigenvalue weighted by molar-refractivity contribution is -0.159. The molecule has 0 heterocycles. The van der Waals surface area contributed by atoms with Gasteiger partial charge in [0.2, 0.25) is 11.8 Å². The fourth-order valence-corrected chi connectivity index (χ4v) is 2.87. The second kappa shape index (κ2) is 11.8. The van der Waals surface area contributed by atoms with Gasteiger partial charge in [-0.2, -0.15) is 0 Å². The predicted octanol–water partition coefficient (Wildman–Crippen LogP) is 3.22. The Kier molecular flexibility index (Phi) is 10.2. The maximum atomic E-state index is 12.9. The van der Waals surface area contributed by atoms with Crippen molar-refractivity contribution in [1.29, 1.82) is 0 Å². The number of carbonyl (C=O) groups is 3. The van der Waals surface area contributed by atoms with Crippen molar-refractivity contribution in [2.75, 3.05) is 5.88 Å². The Bertz CT molecular complexity index is 671. The zero-order valence-electron chi connectivity index (χ0n) is 18.0. The largest absolute Gasteiger partial charge is 0.458 e. The molecule has 2 N–H and O–H groups in total. The first-order valence-electron chi connectivity index (χ1n) is 9.94. The molecule has 0 saturated carbocycles. The number of nitrogens with one attached hydrogen (secondary N) is 2. The number of amides is 2. The van der Waals surface area contributed by atoms with Crippen LogP contribution in [0.2, 0.25) is 0 Å². The van der Waals surface area contributed by atoms with Crippen molar-refractivity contribution >= 4 is 29.4 Å². The van der Waals surface area contributed by atoms with Crippen molar-refractivity contribution in [2.45, 2.75) is 71.6 Å². The lowest BCUT2D eigenvalue weighted by Crippen LogP contribution is -2.53. The van der Waals surface area contributed by atoms with Crippen LogP contribution in [0.3, 0.4) is 0 Å². The molecule has 0 spiro atoms. The van der Waals surface area contributed by atoms with E-state index in [1.54, 1.807) is 20.8 Å². The highest BCUT2D eigenvalue weighted by Crippen LogP contribution is 2.14. The molecule has 0 aromatic heterocycles. The first-order valence-corrected chi connectivity index (χ1v) is 10.5. The lowest BCUT2D eigenvalue weighted by atomic mass is 10.0. The molecule has 0 radical (unpaired) electrons. The van der Waals surface area contributed by atoms with Gasteiger partial charge < -0.3 is 15.4 Å². The molecule has 6 nitrogen and oxygen atoms in total. The molecule has 1 aromatic carbocycles. The van der Waals surface area contributed by atoms with Crippen LogP contribution in [0, 0.1) is 5.92 Å². The summed E-state index contributed by atoms with van der Waals surface area (Å²) in [7, 11) is 0. The Morgan fingerprint density at radius 1 is 1.03 bits per heavy atom. The van der Waals surface area contributed by atoms with E-state index >= 15 is 0 Å². The first-order chi connectivity index (χ1) is 13.5. The summed E-state index contributed by atoms with van der Waals surface area (Å²) in [5, 5.41) is 5.41. The highest BCUT2D eigenvalue weighted by Gasteiger charge is 2.30. The summed E-state index contributed by atoms with van der Waals surface area (Å²) >= 11 is 5.60. The highest BCUT2D eigenvalue weighted by atomic mass is 35.5. The molecule has 0 bridgehead atoms. The molecule has 0 fully saturated rings. The number of rotatable bonds is 10. The Balaban J connectivity index is 2.89. The Labute approximate surface area is 178 Å². The molecule has 162 valence electrons. The van der Waals surface area contributed by atoms with Gasteiger partial charge in [-0.1, -0.05) is 44.2 Å². The summed E-state index contributed by atoms with van der Waals surface area (Å²) in [6.45, 7) is 9.27. The molecule has 29 heavy (non-hydrogen) atoms. The monoisotopic (exact) mass is 424 g/mol. The van der Waals surface area contributed by atoms with Crippen LogP contribution in [0.15, 0.2) is 30.3 Å². The molecular weight excluding hydrogens is 392 g/mol. The van der Waals surface area contributed by atoms with Gasteiger partial charge in [-0.15, -0.1) is 11.6 Å². The Hall–Kier alpha value is -2.08. The second-order valence-electron chi connectivity index (χ2n) is 8.50. The third-order valence-corrected chi connectivity index (χ3v) is 4.30. The number of ether oxygens (including phenoxy) is 1. The van der Waals surface area contributed by atoms with Gasteiger partial charge in [0.15, 0.2) is 0 Å². The molecule has 1 rings (SSSR count). The minimum Gasteiger partial charge on any atom is -0.458 e. The number of alkyl halides is 1. The van der Waals surface area contributed by atoms with Crippen LogP contribution in [0.4, 0.5) is 0 Å². The van der Waals surface area contributed by atoms with E-state index in [1.165, 1.54) is 0 Å². The Morgan fingerprint density at radius 3 is 2.17 bits per heavy atom. The zero-order valence-corrected chi connectivity index (χ0v) is 18.7. The van der Waals surface area contributed by atoms with Crippen molar-refractivity contribution in [3.8, 4) is 0 Å². The van der Waals surface area contributed by atoms with Crippen LogP contribution in [0.25, 0.3) is 0 Å². The third-order valence-electron chi connectivity index (χ3n) is 4.05. The van der Waals surface area contributed by atoms with E-state index in [2.05, 4.69) is 10.6 Å². The number of aryl methyl sites for hydroxylation is 1. The summed E-state index contributed by atoms with van der Waals surface area (Å²) < 4.78 is 5.45. The Morgan fingerprint density at radius 2 is 1.66 bits per heavy atom. The van der Waals surface area contributed by atoms with Gasteiger partial charge in [-0.25, -0.2) is 4.79 Å². The number of benzene rings is 1. The van der Waals surface area contributed by atoms with Gasteiger partial charge in [-0.05, 0) is 51.5 Å². The average molecular weight is 425 g/mol. The number of halogens is 1. The molecule has 0 aliphatic rings. The van der Waals surface area contributed by atoms with Gasteiger partial charge in [0.05, 0.1) is 0 Å². The molecule has 1 aromatic rings. The van der Waals surface area contributed by atoms with Crippen LogP contribution in [-0.4, -0.2) is 41.3 Å². The number of esters is 1. The number of hydrogen-bond acceptors (Lipinski definition) is 4. The van der Waals surface area contributed by atoms with Gasteiger partial charge in [0, 0.05) is 0 Å². The SMILES string of the molecule is CC(C)CC(NC(=O)C(CCc1ccccc1)NC(=O)CCl)C(=O)OC(C)(C)C. The molecule has 2 amide bonds. The summed E-state index contributed by atoms with van der Waals surface area (Å²) in [6, 6.07) is 8.10. The summed E-state index contributed by atoms with van der Waals surface area (Å²) in [4.78, 5) is 37.3. The fourth-order valence-electron chi connectivity index (χ4n) is 2.79. The molecule has 0 saturated heterocycles. The normalized spacial score (nSPS) is 13.5. The molecule has 2 atom stereocenters. The summed E-state index contributed by atoms with van der Waals surface area (Å²) in [6.07, 6.45) is 1.43. The first kappa shape index (κ1) is 25.0. The quantitative estimate of drug-likeness (QED) is 0.446. The molecule has 7 heteroatoms. The van der Waals surface area contributed by atoms with E-state index in [9.17, 15) is 14.4 Å². The second-order valence-corrected chi connectivity index (χ2v) is 8.77. The van der Waals surface area contributed by atoms with Crippen LogP contribution < -0.4 is 10.6 Å². The van der Waals surface area contributed by atoms with Crippen molar-refractivity contribution in [3.05, 3.63) is 35.9 Å². The summed E-state index contributed by atoms with van der Waals surface area (Å²) in [5.74, 6) is -1.40. The minimum atomic E-state index is -0.793. The summed E-state index contributed by atoms with van der Waals surface area (Å²) in [5.41, 5.74) is 0.396. The van der Waals surface area contributed by atoms with Crippen molar-refractivity contribution in [1.82, 2.24) is 10.6 Å². The molecular formula is C22H33ClN2O4. The third kappa shape index (κ3) is 10.3. The van der Waals surface area contributed by atoms with Crippen LogP contribution in [0.5, 0.6) is 0 Å². The zero-order chi connectivity index (χ0) is 22.0. The maximum Gasteiger partial charge on any atom is 0.329 e. The molecule has 2 unspecified atom stereocenters. The van der Waals surface area contributed by atoms with E-state index in [4.69, 9.17) is 16.3 Å². The number of hydrogen-bond donors (Lipinski definition) is 2. The number of carbonyl (C=O) groups excluding carboxylic acids is 3. The lowest BCUT2D eigenvalue weighted by Gasteiger charge is -2.27. The minimum absolute atomic E-state index is 0.174. The van der Waals surface area contributed by atoms with Gasteiger partial charge in [0.1, 0.15) is 23.6 Å². The van der Waals surface area contributed by atoms with Gasteiger partial charge >= 0.3 is 5.97 Å². The van der Waals surface area contributed by atoms with Crippen molar-refractivity contribution < 1.29 is 19.1 Å². The van der Waals surface area contributed by atoms with Gasteiger partial charge in [0.25, 0.3) is 0 Å².